The Bertz CT molecular complexity index is 646. The first-order valence-corrected chi connectivity index (χ1v) is 7.65. The molecule has 0 aliphatic heterocycles. The molecule has 21 heavy (non-hydrogen) atoms. The quantitative estimate of drug-likeness (QED) is 0.821. The summed E-state index contributed by atoms with van der Waals surface area (Å²) in [4.78, 5) is 24.3. The topological polar surface area (TPSA) is 55.4 Å². The van der Waals surface area contributed by atoms with Gasteiger partial charge >= 0.3 is 5.97 Å². The maximum absolute atomic E-state index is 12.9. The van der Waals surface area contributed by atoms with E-state index in [1.807, 2.05) is 17.5 Å². The second kappa shape index (κ2) is 7.33. The maximum atomic E-state index is 12.9. The molecule has 1 aromatic heterocycles. The number of carbonyl (C=O) groups is 2. The van der Waals surface area contributed by atoms with Gasteiger partial charge in [0.1, 0.15) is 5.82 Å². The Balaban J connectivity index is 1.81. The lowest BCUT2D eigenvalue weighted by molar-refractivity contribution is -0.124. The van der Waals surface area contributed by atoms with Crippen molar-refractivity contribution < 1.29 is 18.7 Å². The number of benzene rings is 1. The highest BCUT2D eigenvalue weighted by molar-refractivity contribution is 9.10. The number of esters is 1. The molecule has 0 radical (unpaired) electrons. The van der Waals surface area contributed by atoms with E-state index < -0.39 is 17.7 Å². The van der Waals surface area contributed by atoms with Gasteiger partial charge in [0.25, 0.3) is 5.91 Å². The van der Waals surface area contributed by atoms with Crippen LogP contribution in [-0.2, 0) is 16.1 Å². The number of amides is 1. The summed E-state index contributed by atoms with van der Waals surface area (Å²) < 4.78 is 18.1. The number of carbonyl (C=O) groups excluding carboxylic acids is 2. The number of hydrogen-bond acceptors (Lipinski definition) is 4. The minimum absolute atomic E-state index is 0.169. The molecule has 0 spiro atoms. The summed E-state index contributed by atoms with van der Waals surface area (Å²) in [6, 6.07) is 7.39. The zero-order valence-electron chi connectivity index (χ0n) is 10.8. The summed E-state index contributed by atoms with van der Waals surface area (Å²) >= 11 is 4.60. The number of halogens is 2. The normalized spacial score (nSPS) is 10.2. The summed E-state index contributed by atoms with van der Waals surface area (Å²) in [5, 5.41) is 4.55. The molecule has 0 aliphatic carbocycles. The Labute approximate surface area is 133 Å². The van der Waals surface area contributed by atoms with Crippen molar-refractivity contribution in [3.8, 4) is 0 Å². The van der Waals surface area contributed by atoms with Crippen LogP contribution in [-0.4, -0.2) is 18.5 Å². The highest BCUT2D eigenvalue weighted by atomic mass is 79.9. The van der Waals surface area contributed by atoms with Crippen LogP contribution < -0.4 is 5.32 Å². The van der Waals surface area contributed by atoms with E-state index in [4.69, 9.17) is 4.74 Å². The first kappa shape index (κ1) is 15.7. The summed E-state index contributed by atoms with van der Waals surface area (Å²) in [6.07, 6.45) is 0. The van der Waals surface area contributed by atoms with Crippen LogP contribution >= 0.6 is 27.3 Å². The summed E-state index contributed by atoms with van der Waals surface area (Å²) in [5.74, 6) is -1.55. The van der Waals surface area contributed by atoms with Gasteiger partial charge < -0.3 is 10.1 Å². The molecule has 1 N–H and O–H groups in total. The van der Waals surface area contributed by atoms with E-state index in [2.05, 4.69) is 21.2 Å². The molecule has 1 heterocycles. The summed E-state index contributed by atoms with van der Waals surface area (Å²) in [5.41, 5.74) is 0.169. The molecule has 7 heteroatoms. The van der Waals surface area contributed by atoms with E-state index in [0.717, 1.165) is 17.0 Å². The van der Waals surface area contributed by atoms with Crippen LogP contribution in [0.25, 0.3) is 0 Å². The predicted molar refractivity (Wildman–Crippen MR) is 80.5 cm³/mol. The fraction of sp³-hybridized carbons (Fsp3) is 0.143. The Morgan fingerprint density at radius 2 is 2.14 bits per heavy atom. The molecule has 2 rings (SSSR count). The van der Waals surface area contributed by atoms with E-state index in [1.165, 1.54) is 17.4 Å². The van der Waals surface area contributed by atoms with Gasteiger partial charge in [-0.2, -0.15) is 0 Å². The Kier molecular flexibility index (Phi) is 5.46. The Morgan fingerprint density at radius 3 is 2.81 bits per heavy atom. The van der Waals surface area contributed by atoms with Crippen molar-refractivity contribution in [1.82, 2.24) is 5.32 Å². The van der Waals surface area contributed by atoms with Crippen molar-refractivity contribution in [2.75, 3.05) is 6.61 Å². The molecule has 0 unspecified atom stereocenters. The van der Waals surface area contributed by atoms with Crippen molar-refractivity contribution in [2.45, 2.75) is 6.54 Å². The lowest BCUT2D eigenvalue weighted by atomic mass is 10.2. The zero-order chi connectivity index (χ0) is 15.2. The molecule has 0 saturated carbocycles. The highest BCUT2D eigenvalue weighted by Crippen LogP contribution is 2.18. The number of rotatable bonds is 5. The van der Waals surface area contributed by atoms with E-state index in [-0.39, 0.29) is 16.6 Å². The third-order valence-electron chi connectivity index (χ3n) is 2.53. The number of thiophene rings is 1. The van der Waals surface area contributed by atoms with Crippen LogP contribution in [0.1, 0.15) is 15.2 Å². The first-order valence-electron chi connectivity index (χ1n) is 5.97. The zero-order valence-corrected chi connectivity index (χ0v) is 13.2. The third kappa shape index (κ3) is 4.64. The average Bonchev–Trinajstić information content (AvgIpc) is 2.95. The smallest absolute Gasteiger partial charge is 0.339 e. The minimum Gasteiger partial charge on any atom is -0.452 e. The number of ether oxygens (including phenoxy) is 1. The van der Waals surface area contributed by atoms with Gasteiger partial charge in [0, 0.05) is 9.35 Å². The minimum atomic E-state index is -0.687. The largest absolute Gasteiger partial charge is 0.452 e. The van der Waals surface area contributed by atoms with Crippen molar-refractivity contribution in [1.29, 1.82) is 0 Å². The second-order valence-corrected chi connectivity index (χ2v) is 5.94. The van der Waals surface area contributed by atoms with Gasteiger partial charge in [0.15, 0.2) is 6.61 Å². The molecule has 4 nitrogen and oxygen atoms in total. The molecule has 2 aromatic rings. The van der Waals surface area contributed by atoms with Crippen molar-refractivity contribution in [3.63, 3.8) is 0 Å². The van der Waals surface area contributed by atoms with Gasteiger partial charge in [0.05, 0.1) is 12.1 Å². The van der Waals surface area contributed by atoms with Crippen LogP contribution in [0, 0.1) is 5.82 Å². The SMILES string of the molecule is O=C(COC(=O)c1ccc(F)cc1Br)NCc1cccs1. The van der Waals surface area contributed by atoms with Crippen molar-refractivity contribution in [2.24, 2.45) is 0 Å². The van der Waals surface area contributed by atoms with Gasteiger partial charge in [-0.1, -0.05) is 6.07 Å². The molecule has 0 saturated heterocycles. The second-order valence-electron chi connectivity index (χ2n) is 4.06. The summed E-state index contributed by atoms with van der Waals surface area (Å²) in [6.45, 7) is 0.0162. The molecular weight excluding hydrogens is 361 g/mol. The molecule has 0 aliphatic rings. The monoisotopic (exact) mass is 371 g/mol. The van der Waals surface area contributed by atoms with E-state index in [9.17, 15) is 14.0 Å². The molecule has 0 fully saturated rings. The average molecular weight is 372 g/mol. The number of nitrogens with one attached hydrogen (secondary N) is 1. The third-order valence-corrected chi connectivity index (χ3v) is 4.06. The van der Waals surface area contributed by atoms with Crippen LogP contribution in [0.5, 0.6) is 0 Å². The van der Waals surface area contributed by atoms with Gasteiger partial charge in [-0.15, -0.1) is 11.3 Å². The van der Waals surface area contributed by atoms with Crippen molar-refractivity contribution >= 4 is 39.1 Å². The van der Waals surface area contributed by atoms with Crippen LogP contribution in [0.4, 0.5) is 4.39 Å². The molecule has 0 bridgehead atoms. The van der Waals surface area contributed by atoms with E-state index >= 15 is 0 Å². The molecule has 1 amide bonds. The van der Waals surface area contributed by atoms with Gasteiger partial charge in [-0.3, -0.25) is 4.79 Å². The molecule has 0 atom stereocenters. The van der Waals surface area contributed by atoms with Crippen LogP contribution in [0.2, 0.25) is 0 Å². The highest BCUT2D eigenvalue weighted by Gasteiger charge is 2.14. The van der Waals surface area contributed by atoms with E-state index in [0.29, 0.717) is 6.54 Å². The van der Waals surface area contributed by atoms with E-state index in [1.54, 1.807) is 0 Å². The molecular formula is C14H11BrFNO3S. The Morgan fingerprint density at radius 1 is 1.33 bits per heavy atom. The van der Waals surface area contributed by atoms with Gasteiger partial charge in [0.2, 0.25) is 0 Å². The van der Waals surface area contributed by atoms with Gasteiger partial charge in [-0.05, 0) is 45.6 Å². The van der Waals surface area contributed by atoms with Crippen LogP contribution in [0.3, 0.4) is 0 Å². The number of hydrogen-bond donors (Lipinski definition) is 1. The fourth-order valence-corrected chi connectivity index (χ4v) is 2.67. The Hall–Kier alpha value is -1.73. The standard InChI is InChI=1S/C14H11BrFNO3S/c15-12-6-9(16)3-4-11(12)14(19)20-8-13(18)17-7-10-2-1-5-21-10/h1-6H,7-8H2,(H,17,18). The van der Waals surface area contributed by atoms with Crippen molar-refractivity contribution in [3.05, 3.63) is 56.4 Å². The fourth-order valence-electron chi connectivity index (χ4n) is 1.51. The maximum Gasteiger partial charge on any atom is 0.339 e. The lowest BCUT2D eigenvalue weighted by Crippen LogP contribution is -2.28. The molecule has 110 valence electrons. The molecule has 1 aromatic carbocycles. The van der Waals surface area contributed by atoms with Gasteiger partial charge in [-0.25, -0.2) is 9.18 Å². The lowest BCUT2D eigenvalue weighted by Gasteiger charge is -2.07. The summed E-state index contributed by atoms with van der Waals surface area (Å²) in [7, 11) is 0. The predicted octanol–water partition coefficient (Wildman–Crippen LogP) is 3.12. The first-order chi connectivity index (χ1) is 10.1. The van der Waals surface area contributed by atoms with Crippen LogP contribution in [0.15, 0.2) is 40.2 Å².